The van der Waals surface area contributed by atoms with Crippen molar-refractivity contribution in [2.24, 2.45) is 0 Å². The summed E-state index contributed by atoms with van der Waals surface area (Å²) in [6.45, 7) is 1.97. The molecule has 2 N–H and O–H groups in total. The van der Waals surface area contributed by atoms with Crippen LogP contribution in [0.25, 0.3) is 0 Å². The number of nitrogens with zero attached hydrogens (tertiary/aromatic N) is 1. The Morgan fingerprint density at radius 1 is 1.43 bits per heavy atom. The van der Waals surface area contributed by atoms with Crippen molar-refractivity contribution in [1.29, 1.82) is 0 Å². The van der Waals surface area contributed by atoms with Crippen LogP contribution in [0, 0.1) is 0 Å². The van der Waals surface area contributed by atoms with Gasteiger partial charge in [0.15, 0.2) is 23.0 Å². The minimum absolute atomic E-state index is 0.00410. The summed E-state index contributed by atoms with van der Waals surface area (Å²) in [6.07, 6.45) is 1.80. The lowest BCUT2D eigenvalue weighted by molar-refractivity contribution is -0.125. The van der Waals surface area contributed by atoms with Gasteiger partial charge in [0.2, 0.25) is 0 Å². The van der Waals surface area contributed by atoms with Crippen molar-refractivity contribution in [3.63, 3.8) is 0 Å². The van der Waals surface area contributed by atoms with Crippen LogP contribution in [0.2, 0.25) is 0 Å². The number of carbonyl (C=O) groups is 1. The summed E-state index contributed by atoms with van der Waals surface area (Å²) in [5, 5.41) is 3.16. The van der Waals surface area contributed by atoms with E-state index in [0.717, 1.165) is 17.1 Å². The fourth-order valence-electron chi connectivity index (χ4n) is 1.86. The molecule has 1 fully saturated rings. The van der Waals surface area contributed by atoms with E-state index in [1.807, 2.05) is 47.3 Å². The highest BCUT2D eigenvalue weighted by Gasteiger charge is 2.19. The fraction of sp³-hybridized carbons (Fsp3) is 0.308. The van der Waals surface area contributed by atoms with E-state index < -0.39 is 0 Å². The van der Waals surface area contributed by atoms with E-state index in [1.54, 1.807) is 11.1 Å². The van der Waals surface area contributed by atoms with Gasteiger partial charge in [0.05, 0.1) is 13.2 Å². The molecule has 1 aliphatic rings. The molecule has 2 rings (SSSR count). The molecule has 1 aromatic carbocycles. The van der Waals surface area contributed by atoms with Crippen molar-refractivity contribution in [2.45, 2.75) is 0 Å². The number of rotatable bonds is 6. The third-order valence-corrected chi connectivity index (χ3v) is 3.85. The van der Waals surface area contributed by atoms with Crippen LogP contribution in [0.15, 0.2) is 36.2 Å². The first kappa shape index (κ1) is 16.8. The second-order valence-electron chi connectivity index (χ2n) is 4.29. The number of carbonyl (C=O) groups excluding carboxylic acids is 1. The Morgan fingerprint density at radius 2 is 2.19 bits per heavy atom. The molecule has 1 aliphatic heterocycles. The van der Waals surface area contributed by atoms with E-state index in [2.05, 4.69) is 31.7 Å². The lowest BCUT2D eigenvalue weighted by atomic mass is 10.2. The van der Waals surface area contributed by atoms with E-state index in [9.17, 15) is 4.79 Å². The first-order chi connectivity index (χ1) is 10.2. The van der Waals surface area contributed by atoms with Crippen molar-refractivity contribution in [1.82, 2.24) is 3.53 Å². The molecule has 0 aromatic heterocycles. The molecule has 1 heterocycles. The Balaban J connectivity index is 2.00. The molecule has 1 aromatic rings. The number of anilines is 2. The van der Waals surface area contributed by atoms with Crippen LogP contribution < -0.4 is 13.7 Å². The molecular weight excluding hydrogens is 500 g/mol. The summed E-state index contributed by atoms with van der Waals surface area (Å²) >= 11 is 3.91. The number of ether oxygens (including phenoxy) is 1. The smallest absolute Gasteiger partial charge is 0.253 e. The zero-order chi connectivity index (χ0) is 15.1. The van der Waals surface area contributed by atoms with Gasteiger partial charge in [-0.2, -0.15) is 0 Å². The van der Waals surface area contributed by atoms with E-state index in [-0.39, 0.29) is 12.5 Å². The molecular formula is C13H15I2N3O3. The Kier molecular flexibility index (Phi) is 6.99. The molecule has 1 saturated heterocycles. The van der Waals surface area contributed by atoms with Crippen LogP contribution in [0.5, 0.6) is 0 Å². The normalized spacial score (nSPS) is 16.0. The Labute approximate surface area is 151 Å². The average Bonchev–Trinajstić information content (AvgIpc) is 2.52. The van der Waals surface area contributed by atoms with Crippen LogP contribution in [-0.2, 0) is 12.6 Å². The largest absolute Gasteiger partial charge is 0.429 e. The van der Waals surface area contributed by atoms with Crippen molar-refractivity contribution in [3.05, 3.63) is 36.2 Å². The predicted molar refractivity (Wildman–Crippen MR) is 98.4 cm³/mol. The molecule has 21 heavy (non-hydrogen) atoms. The number of amides is 1. The lowest BCUT2D eigenvalue weighted by Crippen LogP contribution is -2.41. The highest BCUT2D eigenvalue weighted by atomic mass is 127. The van der Waals surface area contributed by atoms with Crippen molar-refractivity contribution < 1.29 is 12.6 Å². The van der Waals surface area contributed by atoms with Gasteiger partial charge in [0.25, 0.3) is 5.91 Å². The fourth-order valence-corrected chi connectivity index (χ4v) is 2.52. The first-order valence-corrected chi connectivity index (χ1v) is 8.26. The van der Waals surface area contributed by atoms with Crippen molar-refractivity contribution in [2.75, 3.05) is 36.5 Å². The number of hydrogen-bond donors (Lipinski definition) is 2. The predicted octanol–water partition coefficient (Wildman–Crippen LogP) is 2.61. The maximum atomic E-state index is 11.8. The van der Waals surface area contributed by atoms with Gasteiger partial charge in [-0.25, -0.2) is 0 Å². The molecule has 1 amide bonds. The highest BCUT2D eigenvalue weighted by Crippen LogP contribution is 2.20. The van der Waals surface area contributed by atoms with Crippen LogP contribution in [0.3, 0.4) is 0 Å². The molecule has 0 spiro atoms. The zero-order valence-electron chi connectivity index (χ0n) is 11.1. The number of nitrogens with one attached hydrogen (secondary N) is 2. The molecule has 114 valence electrons. The van der Waals surface area contributed by atoms with Gasteiger partial charge in [-0.05, 0) is 24.3 Å². The third kappa shape index (κ3) is 4.97. The maximum absolute atomic E-state index is 11.8. The Morgan fingerprint density at radius 3 is 2.81 bits per heavy atom. The quantitative estimate of drug-likeness (QED) is 0.347. The van der Waals surface area contributed by atoms with Crippen molar-refractivity contribution in [3.8, 4) is 0 Å². The SMILES string of the molecule is O=C1COCCN1c1ccc(N/C=C(/CNI)OI)cc1. The van der Waals surface area contributed by atoms with Gasteiger partial charge < -0.3 is 18.0 Å². The van der Waals surface area contributed by atoms with Gasteiger partial charge in [0.1, 0.15) is 12.4 Å². The lowest BCUT2D eigenvalue weighted by Gasteiger charge is -2.26. The maximum Gasteiger partial charge on any atom is 0.253 e. The van der Waals surface area contributed by atoms with Crippen LogP contribution in [0.4, 0.5) is 11.4 Å². The number of morpholine rings is 1. The summed E-state index contributed by atoms with van der Waals surface area (Å²) in [4.78, 5) is 13.5. The number of halogens is 2. The van der Waals surface area contributed by atoms with E-state index in [0.29, 0.717) is 19.7 Å². The molecule has 0 atom stereocenters. The molecule has 8 heteroatoms. The van der Waals surface area contributed by atoms with Gasteiger partial charge in [-0.3, -0.25) is 8.32 Å². The Hall–Kier alpha value is -0.590. The highest BCUT2D eigenvalue weighted by molar-refractivity contribution is 14.1. The minimum Gasteiger partial charge on any atom is -0.429 e. The first-order valence-electron chi connectivity index (χ1n) is 6.30. The van der Waals surface area contributed by atoms with Crippen molar-refractivity contribution >= 4 is 63.2 Å². The molecule has 0 radical (unpaired) electrons. The standard InChI is InChI=1S/C13H15I2N3O3/c14-17-8-12(21-15)7-16-10-1-3-11(4-2-10)18-5-6-20-9-13(18)19/h1-4,7,16-17H,5-6,8-9H2/b12-7-. The summed E-state index contributed by atoms with van der Waals surface area (Å²) in [7, 11) is 0. The Bertz CT molecular complexity index is 508. The van der Waals surface area contributed by atoms with Gasteiger partial charge in [-0.15, -0.1) is 0 Å². The summed E-state index contributed by atoms with van der Waals surface area (Å²) in [5.74, 6) is 0.785. The van der Waals surface area contributed by atoms with Gasteiger partial charge >= 0.3 is 0 Å². The van der Waals surface area contributed by atoms with E-state index in [4.69, 9.17) is 7.80 Å². The van der Waals surface area contributed by atoms with E-state index in [1.165, 1.54) is 0 Å². The minimum atomic E-state index is -0.00410. The number of hydrogen-bond acceptors (Lipinski definition) is 5. The summed E-state index contributed by atoms with van der Waals surface area (Å²) < 4.78 is 13.3. The number of benzene rings is 1. The molecule has 0 aliphatic carbocycles. The average molecular weight is 515 g/mol. The summed E-state index contributed by atoms with van der Waals surface area (Å²) in [6, 6.07) is 7.69. The third-order valence-electron chi connectivity index (χ3n) is 2.90. The van der Waals surface area contributed by atoms with E-state index >= 15 is 0 Å². The molecule has 0 saturated carbocycles. The van der Waals surface area contributed by atoms with Crippen LogP contribution in [-0.4, -0.2) is 32.2 Å². The van der Waals surface area contributed by atoms with Crippen LogP contribution >= 0.6 is 45.9 Å². The second-order valence-corrected chi connectivity index (χ2v) is 5.49. The monoisotopic (exact) mass is 515 g/mol. The van der Waals surface area contributed by atoms with Crippen LogP contribution in [0.1, 0.15) is 0 Å². The molecule has 0 bridgehead atoms. The topological polar surface area (TPSA) is 62.8 Å². The summed E-state index contributed by atoms with van der Waals surface area (Å²) in [5.41, 5.74) is 1.82. The van der Waals surface area contributed by atoms with Gasteiger partial charge in [0, 0.05) is 47.0 Å². The van der Waals surface area contributed by atoms with Gasteiger partial charge in [-0.1, -0.05) is 0 Å². The zero-order valence-corrected chi connectivity index (χ0v) is 15.5. The molecule has 6 nitrogen and oxygen atoms in total. The molecule has 0 unspecified atom stereocenters. The second kappa shape index (κ2) is 8.76.